The number of hydrogen-bond acceptors (Lipinski definition) is 4. The highest BCUT2D eigenvalue weighted by Gasteiger charge is 2.11. The summed E-state index contributed by atoms with van der Waals surface area (Å²) < 4.78 is 0. The van der Waals surface area contributed by atoms with Gasteiger partial charge in [-0.1, -0.05) is 59.1 Å². The van der Waals surface area contributed by atoms with Gasteiger partial charge in [-0.15, -0.1) is 28.6 Å². The van der Waals surface area contributed by atoms with E-state index in [0.717, 1.165) is 31.3 Å². The van der Waals surface area contributed by atoms with Crippen molar-refractivity contribution in [3.63, 3.8) is 0 Å². The maximum atomic E-state index is 6.28. The normalized spacial score (nSPS) is 10.8. The number of nitrogens with zero attached hydrogens (tertiary/aromatic N) is 2. The van der Waals surface area contributed by atoms with Gasteiger partial charge in [0, 0.05) is 26.4 Å². The van der Waals surface area contributed by atoms with Gasteiger partial charge in [-0.3, -0.25) is 0 Å². The van der Waals surface area contributed by atoms with E-state index >= 15 is 0 Å². The molecule has 0 aliphatic heterocycles. The molecule has 0 unspecified atom stereocenters. The summed E-state index contributed by atoms with van der Waals surface area (Å²) in [6.07, 6.45) is 1.76. The fourth-order valence-electron chi connectivity index (χ4n) is 2.05. The smallest absolute Gasteiger partial charge is 0.156 e. The Balaban J connectivity index is 1.70. The van der Waals surface area contributed by atoms with Crippen LogP contribution in [0.4, 0.5) is 0 Å². The third-order valence-corrected chi connectivity index (χ3v) is 6.62. The Kier molecular flexibility index (Phi) is 6.91. The van der Waals surface area contributed by atoms with Crippen molar-refractivity contribution in [2.24, 2.45) is 0 Å². The predicted octanol–water partition coefficient (Wildman–Crippen LogP) is 7.02. The minimum atomic E-state index is 0.431. The van der Waals surface area contributed by atoms with Gasteiger partial charge in [0.15, 0.2) is 5.15 Å². The van der Waals surface area contributed by atoms with Crippen molar-refractivity contribution in [2.75, 3.05) is 0 Å². The molecule has 0 radical (unpaired) electrons. The molecule has 0 atom stereocenters. The van der Waals surface area contributed by atoms with Crippen LogP contribution in [0.25, 0.3) is 0 Å². The van der Waals surface area contributed by atoms with Gasteiger partial charge >= 0.3 is 0 Å². The van der Waals surface area contributed by atoms with E-state index in [-0.39, 0.29) is 0 Å². The van der Waals surface area contributed by atoms with Crippen LogP contribution < -0.4 is 0 Å². The molecule has 128 valence electrons. The first-order valence-electron chi connectivity index (χ1n) is 7.37. The van der Waals surface area contributed by atoms with Gasteiger partial charge in [-0.05, 0) is 35.4 Å². The Morgan fingerprint density at radius 2 is 1.24 bits per heavy atom. The lowest BCUT2D eigenvalue weighted by Gasteiger charge is -2.10. The van der Waals surface area contributed by atoms with Gasteiger partial charge in [0.1, 0.15) is 0 Å². The molecule has 0 saturated carbocycles. The van der Waals surface area contributed by atoms with Crippen molar-refractivity contribution in [1.29, 1.82) is 0 Å². The van der Waals surface area contributed by atoms with E-state index in [1.165, 1.54) is 11.1 Å². The Labute approximate surface area is 170 Å². The van der Waals surface area contributed by atoms with Gasteiger partial charge in [0.05, 0.1) is 11.1 Å². The fraction of sp³-hybridized carbons (Fsp3) is 0.111. The highest BCUT2D eigenvalue weighted by atomic mass is 35.5. The first kappa shape index (κ1) is 18.9. The van der Waals surface area contributed by atoms with Gasteiger partial charge in [0.25, 0.3) is 0 Å². The largest absolute Gasteiger partial charge is 0.166 e. The number of aromatic nitrogens is 2. The van der Waals surface area contributed by atoms with E-state index in [0.29, 0.717) is 5.15 Å². The van der Waals surface area contributed by atoms with Crippen molar-refractivity contribution in [1.82, 2.24) is 10.2 Å². The zero-order chi connectivity index (χ0) is 17.6. The van der Waals surface area contributed by atoms with Crippen LogP contribution >= 0.6 is 58.3 Å². The van der Waals surface area contributed by atoms with Crippen LogP contribution in [0.5, 0.6) is 0 Å². The highest BCUT2D eigenvalue weighted by Crippen LogP contribution is 2.37. The second-order valence-electron chi connectivity index (χ2n) is 5.16. The van der Waals surface area contributed by atoms with Crippen LogP contribution in [0.3, 0.4) is 0 Å². The molecule has 0 aliphatic rings. The molecule has 0 saturated heterocycles. The Morgan fingerprint density at radius 3 is 1.80 bits per heavy atom. The minimum absolute atomic E-state index is 0.431. The SMILES string of the molecule is Clc1ccc(CSc2cnnc(Cl)c2SCc2ccc(Cl)cc2)cc1. The van der Waals surface area contributed by atoms with Crippen molar-refractivity contribution in [2.45, 2.75) is 21.3 Å². The Hall–Kier alpha value is -0.910. The van der Waals surface area contributed by atoms with Crippen LogP contribution in [0.2, 0.25) is 15.2 Å². The third-order valence-electron chi connectivity index (χ3n) is 3.34. The maximum Gasteiger partial charge on any atom is 0.166 e. The summed E-state index contributed by atoms with van der Waals surface area (Å²) in [5.41, 5.74) is 2.37. The molecule has 1 aromatic heterocycles. The molecule has 2 nitrogen and oxygen atoms in total. The average Bonchev–Trinajstić information content (AvgIpc) is 2.62. The molecule has 0 amide bonds. The molecular weight excluding hydrogens is 415 g/mol. The number of halogens is 3. The summed E-state index contributed by atoms with van der Waals surface area (Å²) in [5, 5.41) is 9.86. The number of thioether (sulfide) groups is 2. The number of hydrogen-bond donors (Lipinski definition) is 0. The lowest BCUT2D eigenvalue weighted by atomic mass is 10.2. The van der Waals surface area contributed by atoms with E-state index in [1.54, 1.807) is 29.7 Å². The molecular formula is C18H13Cl3N2S2. The standard InChI is InChI=1S/C18H13Cl3N2S2/c19-14-5-1-12(2-6-14)10-24-16-9-22-23-18(21)17(16)25-11-13-3-7-15(20)8-4-13/h1-9H,10-11H2. The average molecular weight is 428 g/mol. The third kappa shape index (κ3) is 5.53. The lowest BCUT2D eigenvalue weighted by molar-refractivity contribution is 0.944. The molecule has 0 N–H and O–H groups in total. The molecule has 2 aromatic carbocycles. The topological polar surface area (TPSA) is 25.8 Å². The molecule has 0 aliphatic carbocycles. The van der Waals surface area contributed by atoms with E-state index < -0.39 is 0 Å². The van der Waals surface area contributed by atoms with Crippen molar-refractivity contribution in [3.8, 4) is 0 Å². The predicted molar refractivity (Wildman–Crippen MR) is 109 cm³/mol. The summed E-state index contributed by atoms with van der Waals surface area (Å²) >= 11 is 21.5. The fourth-order valence-corrected chi connectivity index (χ4v) is 4.74. The van der Waals surface area contributed by atoms with Gasteiger partial charge in [-0.25, -0.2) is 0 Å². The first-order chi connectivity index (χ1) is 12.1. The highest BCUT2D eigenvalue weighted by molar-refractivity contribution is 8.01. The van der Waals surface area contributed by atoms with Crippen LogP contribution in [-0.4, -0.2) is 10.2 Å². The minimum Gasteiger partial charge on any atom is -0.156 e. The maximum absolute atomic E-state index is 6.28. The molecule has 3 rings (SSSR count). The Bertz CT molecular complexity index is 840. The second-order valence-corrected chi connectivity index (χ2v) is 8.39. The summed E-state index contributed by atoms with van der Waals surface area (Å²) in [6.45, 7) is 0. The number of benzene rings is 2. The van der Waals surface area contributed by atoms with Crippen LogP contribution in [0, 0.1) is 0 Å². The Morgan fingerprint density at radius 1 is 0.720 bits per heavy atom. The van der Waals surface area contributed by atoms with E-state index in [2.05, 4.69) is 10.2 Å². The zero-order valence-corrected chi connectivity index (χ0v) is 16.9. The summed E-state index contributed by atoms with van der Waals surface area (Å²) in [7, 11) is 0. The summed E-state index contributed by atoms with van der Waals surface area (Å²) in [5.74, 6) is 1.60. The summed E-state index contributed by atoms with van der Waals surface area (Å²) in [4.78, 5) is 1.97. The van der Waals surface area contributed by atoms with Gasteiger partial charge in [-0.2, -0.15) is 5.10 Å². The molecule has 25 heavy (non-hydrogen) atoms. The van der Waals surface area contributed by atoms with Gasteiger partial charge < -0.3 is 0 Å². The van der Waals surface area contributed by atoms with Gasteiger partial charge in [0.2, 0.25) is 0 Å². The van der Waals surface area contributed by atoms with Crippen LogP contribution in [0.15, 0.2) is 64.5 Å². The van der Waals surface area contributed by atoms with Crippen LogP contribution in [0.1, 0.15) is 11.1 Å². The first-order valence-corrected chi connectivity index (χ1v) is 10.5. The zero-order valence-electron chi connectivity index (χ0n) is 13.0. The van der Waals surface area contributed by atoms with E-state index in [1.807, 2.05) is 48.5 Å². The summed E-state index contributed by atoms with van der Waals surface area (Å²) in [6, 6.07) is 15.6. The van der Waals surface area contributed by atoms with Crippen molar-refractivity contribution < 1.29 is 0 Å². The monoisotopic (exact) mass is 426 g/mol. The van der Waals surface area contributed by atoms with E-state index in [9.17, 15) is 0 Å². The molecule has 1 heterocycles. The number of rotatable bonds is 6. The molecule has 0 bridgehead atoms. The van der Waals surface area contributed by atoms with Crippen molar-refractivity contribution >= 4 is 58.3 Å². The quantitative estimate of drug-likeness (QED) is 0.395. The van der Waals surface area contributed by atoms with Crippen molar-refractivity contribution in [3.05, 3.63) is 81.1 Å². The molecule has 0 spiro atoms. The molecule has 3 aromatic rings. The lowest BCUT2D eigenvalue weighted by Crippen LogP contribution is -1.91. The van der Waals surface area contributed by atoms with E-state index in [4.69, 9.17) is 34.8 Å². The molecule has 0 fully saturated rings. The second kappa shape index (κ2) is 9.15. The van der Waals surface area contributed by atoms with Crippen LogP contribution in [-0.2, 0) is 11.5 Å². The molecule has 7 heteroatoms.